The Kier molecular flexibility index (Phi) is 5.69. The minimum Gasteiger partial charge on any atom is -0.353 e. The Morgan fingerprint density at radius 1 is 1.33 bits per heavy atom. The van der Waals surface area contributed by atoms with E-state index >= 15 is 0 Å². The molecule has 0 spiro atoms. The van der Waals surface area contributed by atoms with Crippen LogP contribution in [0.3, 0.4) is 0 Å². The van der Waals surface area contributed by atoms with E-state index in [0.717, 1.165) is 19.3 Å². The van der Waals surface area contributed by atoms with Crippen LogP contribution in [0.4, 0.5) is 0 Å². The molecule has 0 aromatic rings. The second-order valence-electron chi connectivity index (χ2n) is 4.77. The van der Waals surface area contributed by atoms with E-state index in [-0.39, 0.29) is 11.9 Å². The van der Waals surface area contributed by atoms with Gasteiger partial charge < -0.3 is 11.1 Å². The van der Waals surface area contributed by atoms with E-state index in [1.165, 1.54) is 25.7 Å². The van der Waals surface area contributed by atoms with E-state index in [9.17, 15) is 4.79 Å². The van der Waals surface area contributed by atoms with Gasteiger partial charge in [-0.3, -0.25) is 4.79 Å². The topological polar surface area (TPSA) is 55.1 Å². The molecule has 1 rings (SSSR count). The van der Waals surface area contributed by atoms with E-state index in [4.69, 9.17) is 5.73 Å². The molecule has 0 saturated heterocycles. The summed E-state index contributed by atoms with van der Waals surface area (Å²) in [5, 5.41) is 3.12. The molecule has 0 aromatic heterocycles. The van der Waals surface area contributed by atoms with Crippen LogP contribution in [-0.2, 0) is 4.79 Å². The maximum absolute atomic E-state index is 11.6. The summed E-state index contributed by atoms with van der Waals surface area (Å²) in [4.78, 5) is 11.6. The fraction of sp³-hybridized carbons (Fsp3) is 0.917. The average molecular weight is 212 g/mol. The smallest absolute Gasteiger partial charge is 0.220 e. The molecule has 3 N–H and O–H groups in total. The van der Waals surface area contributed by atoms with Crippen molar-refractivity contribution in [2.45, 2.75) is 70.4 Å². The Morgan fingerprint density at radius 3 is 2.47 bits per heavy atom. The third kappa shape index (κ3) is 5.78. The summed E-state index contributed by atoms with van der Waals surface area (Å²) < 4.78 is 0. The maximum Gasteiger partial charge on any atom is 0.220 e. The van der Waals surface area contributed by atoms with Gasteiger partial charge in [0.05, 0.1) is 0 Å². The molecule has 0 aromatic carbocycles. The lowest BCUT2D eigenvalue weighted by Gasteiger charge is -2.16. The molecule has 1 saturated carbocycles. The number of hydrogen-bond acceptors (Lipinski definition) is 2. The van der Waals surface area contributed by atoms with E-state index < -0.39 is 0 Å². The highest BCUT2D eigenvalue weighted by Gasteiger charge is 2.14. The number of carbonyl (C=O) groups excluding carboxylic acids is 1. The molecule has 0 radical (unpaired) electrons. The summed E-state index contributed by atoms with van der Waals surface area (Å²) in [7, 11) is 0. The Balaban J connectivity index is 2.17. The molecule has 15 heavy (non-hydrogen) atoms. The van der Waals surface area contributed by atoms with Gasteiger partial charge in [-0.25, -0.2) is 0 Å². The summed E-state index contributed by atoms with van der Waals surface area (Å²) in [5.74, 6) is 0.180. The van der Waals surface area contributed by atoms with Crippen LogP contribution in [-0.4, -0.2) is 18.0 Å². The summed E-state index contributed by atoms with van der Waals surface area (Å²) in [6.07, 6.45) is 8.86. The van der Waals surface area contributed by atoms with Gasteiger partial charge in [-0.2, -0.15) is 0 Å². The zero-order valence-electron chi connectivity index (χ0n) is 9.80. The lowest BCUT2D eigenvalue weighted by atomic mass is 10.1. The number of rotatable bonds is 4. The van der Waals surface area contributed by atoms with Gasteiger partial charge in [0.15, 0.2) is 0 Å². The molecule has 1 aliphatic carbocycles. The molecular weight excluding hydrogens is 188 g/mol. The fourth-order valence-electron chi connectivity index (χ4n) is 2.08. The van der Waals surface area contributed by atoms with Crippen LogP contribution in [0, 0.1) is 0 Å². The summed E-state index contributed by atoms with van der Waals surface area (Å²) in [6, 6.07) is 0.554. The molecule has 1 atom stereocenters. The van der Waals surface area contributed by atoms with Crippen molar-refractivity contribution in [3.05, 3.63) is 0 Å². The molecule has 1 amide bonds. The highest BCUT2D eigenvalue weighted by molar-refractivity contribution is 5.76. The van der Waals surface area contributed by atoms with Crippen molar-refractivity contribution in [1.82, 2.24) is 5.32 Å². The van der Waals surface area contributed by atoms with E-state index in [1.807, 2.05) is 6.92 Å². The van der Waals surface area contributed by atoms with E-state index in [2.05, 4.69) is 5.32 Å². The largest absolute Gasteiger partial charge is 0.353 e. The molecule has 3 heteroatoms. The number of carbonyl (C=O) groups is 1. The zero-order chi connectivity index (χ0) is 11.1. The summed E-state index contributed by atoms with van der Waals surface area (Å²) in [5.41, 5.74) is 5.62. The van der Waals surface area contributed by atoms with Gasteiger partial charge in [-0.05, 0) is 26.2 Å². The normalized spacial score (nSPS) is 20.7. The van der Waals surface area contributed by atoms with Gasteiger partial charge >= 0.3 is 0 Å². The fourth-order valence-corrected chi connectivity index (χ4v) is 2.08. The van der Waals surface area contributed by atoms with Gasteiger partial charge in [0, 0.05) is 18.5 Å². The third-order valence-electron chi connectivity index (χ3n) is 3.05. The molecule has 0 bridgehead atoms. The lowest BCUT2D eigenvalue weighted by Crippen LogP contribution is -2.35. The Hall–Kier alpha value is -0.570. The van der Waals surface area contributed by atoms with Crippen LogP contribution in [0.5, 0.6) is 0 Å². The highest BCUT2D eigenvalue weighted by atomic mass is 16.1. The summed E-state index contributed by atoms with van der Waals surface area (Å²) in [6.45, 7) is 1.94. The van der Waals surface area contributed by atoms with Crippen molar-refractivity contribution in [2.24, 2.45) is 5.73 Å². The Bertz CT molecular complexity index is 184. The van der Waals surface area contributed by atoms with Crippen LogP contribution in [0.25, 0.3) is 0 Å². The van der Waals surface area contributed by atoms with Crippen molar-refractivity contribution >= 4 is 5.91 Å². The van der Waals surface area contributed by atoms with E-state index in [0.29, 0.717) is 12.5 Å². The van der Waals surface area contributed by atoms with Gasteiger partial charge in [-0.15, -0.1) is 0 Å². The number of nitrogens with two attached hydrogens (primary N) is 1. The molecule has 1 unspecified atom stereocenters. The maximum atomic E-state index is 11.6. The summed E-state index contributed by atoms with van der Waals surface area (Å²) >= 11 is 0. The van der Waals surface area contributed by atoms with Crippen molar-refractivity contribution in [3.8, 4) is 0 Å². The number of amides is 1. The van der Waals surface area contributed by atoms with Crippen molar-refractivity contribution in [3.63, 3.8) is 0 Å². The Morgan fingerprint density at radius 2 is 1.93 bits per heavy atom. The van der Waals surface area contributed by atoms with E-state index in [1.54, 1.807) is 0 Å². The highest BCUT2D eigenvalue weighted by Crippen LogP contribution is 2.17. The predicted octanol–water partition coefficient (Wildman–Crippen LogP) is 1.95. The molecule has 3 nitrogen and oxygen atoms in total. The molecular formula is C12H24N2O. The first kappa shape index (κ1) is 12.5. The van der Waals surface area contributed by atoms with Gasteiger partial charge in [-0.1, -0.05) is 25.7 Å². The second kappa shape index (κ2) is 6.83. The van der Waals surface area contributed by atoms with Crippen LogP contribution in [0.15, 0.2) is 0 Å². The monoisotopic (exact) mass is 212 g/mol. The van der Waals surface area contributed by atoms with Crippen LogP contribution >= 0.6 is 0 Å². The first-order valence-electron chi connectivity index (χ1n) is 6.23. The molecule has 1 aliphatic rings. The minimum atomic E-state index is 0.130. The molecule has 88 valence electrons. The number of hydrogen-bond donors (Lipinski definition) is 2. The first-order valence-corrected chi connectivity index (χ1v) is 6.23. The Labute approximate surface area is 92.8 Å². The second-order valence-corrected chi connectivity index (χ2v) is 4.77. The minimum absolute atomic E-state index is 0.130. The van der Waals surface area contributed by atoms with Crippen molar-refractivity contribution in [2.75, 3.05) is 0 Å². The number of nitrogens with one attached hydrogen (secondary N) is 1. The molecule has 0 heterocycles. The van der Waals surface area contributed by atoms with Crippen LogP contribution < -0.4 is 11.1 Å². The SMILES string of the molecule is CC(N)CCC(=O)NC1CCCCCC1. The third-order valence-corrected chi connectivity index (χ3v) is 3.05. The zero-order valence-corrected chi connectivity index (χ0v) is 9.80. The van der Waals surface area contributed by atoms with Crippen molar-refractivity contribution in [1.29, 1.82) is 0 Å². The van der Waals surface area contributed by atoms with Crippen LogP contribution in [0.2, 0.25) is 0 Å². The first-order chi connectivity index (χ1) is 7.18. The predicted molar refractivity (Wildman–Crippen MR) is 62.5 cm³/mol. The van der Waals surface area contributed by atoms with Gasteiger partial charge in [0.1, 0.15) is 0 Å². The standard InChI is InChI=1S/C12H24N2O/c1-10(13)8-9-12(15)14-11-6-4-2-3-5-7-11/h10-11H,2-9,13H2,1H3,(H,14,15). The molecule has 1 fully saturated rings. The average Bonchev–Trinajstić information content (AvgIpc) is 2.43. The lowest BCUT2D eigenvalue weighted by molar-refractivity contribution is -0.122. The van der Waals surface area contributed by atoms with Gasteiger partial charge in [0.25, 0.3) is 0 Å². The quantitative estimate of drug-likeness (QED) is 0.700. The van der Waals surface area contributed by atoms with Crippen molar-refractivity contribution < 1.29 is 4.79 Å². The van der Waals surface area contributed by atoms with Crippen LogP contribution in [0.1, 0.15) is 58.3 Å². The molecule has 0 aliphatic heterocycles. The van der Waals surface area contributed by atoms with Gasteiger partial charge in [0.2, 0.25) is 5.91 Å².